The number of amides is 1. The van der Waals surface area contributed by atoms with Crippen LogP contribution < -0.4 is 0 Å². The van der Waals surface area contributed by atoms with Crippen molar-refractivity contribution < 1.29 is 9.90 Å². The lowest BCUT2D eigenvalue weighted by Gasteiger charge is -2.34. The number of aliphatic hydroxyl groups excluding tert-OH is 1. The van der Waals surface area contributed by atoms with Crippen LogP contribution in [0.25, 0.3) is 0 Å². The van der Waals surface area contributed by atoms with E-state index in [1.807, 2.05) is 0 Å². The highest BCUT2D eigenvalue weighted by Gasteiger charge is 2.38. The standard InChI is InChI=1S/C18H20N4O2/c23-17-11-22(18(24)15-7-19-12-20-8-15)10-16(17)21-6-5-13-3-1-2-4-14(13)9-21/h1-4,7-8,12,16-17,23H,5-6,9-11H2/t16-,17-/m1/s1. The molecule has 0 aliphatic carbocycles. The lowest BCUT2D eigenvalue weighted by Crippen LogP contribution is -2.45. The number of aromatic nitrogens is 2. The summed E-state index contributed by atoms with van der Waals surface area (Å²) in [4.78, 5) is 24.3. The Kier molecular flexibility index (Phi) is 4.00. The van der Waals surface area contributed by atoms with Gasteiger partial charge < -0.3 is 10.0 Å². The van der Waals surface area contributed by atoms with Crippen molar-refractivity contribution in [2.24, 2.45) is 0 Å². The van der Waals surface area contributed by atoms with Crippen LogP contribution in [0.1, 0.15) is 21.5 Å². The molecule has 0 spiro atoms. The first kappa shape index (κ1) is 15.2. The molecule has 1 fully saturated rings. The van der Waals surface area contributed by atoms with Crippen LogP contribution in [-0.2, 0) is 13.0 Å². The summed E-state index contributed by atoms with van der Waals surface area (Å²) in [5, 5.41) is 10.5. The lowest BCUT2D eigenvalue weighted by molar-refractivity contribution is 0.0735. The molecule has 2 aliphatic rings. The van der Waals surface area contributed by atoms with E-state index in [2.05, 4.69) is 39.1 Å². The van der Waals surface area contributed by atoms with Crippen LogP contribution in [-0.4, -0.2) is 62.6 Å². The van der Waals surface area contributed by atoms with Crippen molar-refractivity contribution in [1.29, 1.82) is 0 Å². The number of aliphatic hydroxyl groups is 1. The average molecular weight is 324 g/mol. The monoisotopic (exact) mass is 324 g/mol. The van der Waals surface area contributed by atoms with Gasteiger partial charge in [0.1, 0.15) is 6.33 Å². The van der Waals surface area contributed by atoms with Crippen molar-refractivity contribution >= 4 is 5.91 Å². The number of fused-ring (bicyclic) bond motifs is 1. The minimum Gasteiger partial charge on any atom is -0.390 e. The number of likely N-dealkylation sites (tertiary alicyclic amines) is 1. The van der Waals surface area contributed by atoms with Gasteiger partial charge in [0.05, 0.1) is 17.7 Å². The van der Waals surface area contributed by atoms with Crippen molar-refractivity contribution in [2.75, 3.05) is 19.6 Å². The predicted molar refractivity (Wildman–Crippen MR) is 88.3 cm³/mol. The van der Waals surface area contributed by atoms with E-state index in [0.717, 1.165) is 19.5 Å². The molecular formula is C18H20N4O2. The highest BCUT2D eigenvalue weighted by molar-refractivity contribution is 5.93. The SMILES string of the molecule is O=C(c1cncnc1)N1C[C@@H](O)[C@H](N2CCc3ccccc3C2)C1. The van der Waals surface area contributed by atoms with Gasteiger partial charge in [-0.15, -0.1) is 0 Å². The van der Waals surface area contributed by atoms with E-state index < -0.39 is 6.10 Å². The average Bonchev–Trinajstić information content (AvgIpc) is 3.03. The minimum atomic E-state index is -0.524. The van der Waals surface area contributed by atoms with E-state index in [-0.39, 0.29) is 11.9 Å². The molecule has 0 radical (unpaired) electrons. The summed E-state index contributed by atoms with van der Waals surface area (Å²) in [5.41, 5.74) is 3.17. The highest BCUT2D eigenvalue weighted by Crippen LogP contribution is 2.25. The van der Waals surface area contributed by atoms with Crippen LogP contribution in [0.15, 0.2) is 43.0 Å². The van der Waals surface area contributed by atoms with Gasteiger partial charge >= 0.3 is 0 Å². The van der Waals surface area contributed by atoms with Crippen molar-refractivity contribution in [3.05, 3.63) is 59.7 Å². The second-order valence-corrected chi connectivity index (χ2v) is 6.46. The third-order valence-corrected chi connectivity index (χ3v) is 4.98. The molecule has 1 N–H and O–H groups in total. The van der Waals surface area contributed by atoms with Crippen LogP contribution in [0.4, 0.5) is 0 Å². The summed E-state index contributed by atoms with van der Waals surface area (Å²) in [6.45, 7) is 2.64. The zero-order valence-electron chi connectivity index (χ0n) is 13.4. The Morgan fingerprint density at radius 1 is 1.12 bits per heavy atom. The molecule has 3 heterocycles. The van der Waals surface area contributed by atoms with Crippen molar-refractivity contribution in [2.45, 2.75) is 25.1 Å². The summed E-state index contributed by atoms with van der Waals surface area (Å²) in [7, 11) is 0. The fourth-order valence-corrected chi connectivity index (χ4v) is 3.69. The van der Waals surface area contributed by atoms with Gasteiger partial charge in [0.15, 0.2) is 0 Å². The van der Waals surface area contributed by atoms with Gasteiger partial charge in [-0.25, -0.2) is 9.97 Å². The Balaban J connectivity index is 1.47. The third kappa shape index (κ3) is 2.79. The van der Waals surface area contributed by atoms with E-state index in [9.17, 15) is 9.90 Å². The maximum atomic E-state index is 12.5. The summed E-state index contributed by atoms with van der Waals surface area (Å²) >= 11 is 0. The summed E-state index contributed by atoms with van der Waals surface area (Å²) in [6, 6.07) is 8.42. The largest absolute Gasteiger partial charge is 0.390 e. The van der Waals surface area contributed by atoms with Gasteiger partial charge in [0.25, 0.3) is 5.91 Å². The Morgan fingerprint density at radius 2 is 1.88 bits per heavy atom. The van der Waals surface area contributed by atoms with Crippen LogP contribution in [0, 0.1) is 0 Å². The maximum absolute atomic E-state index is 12.5. The van der Waals surface area contributed by atoms with Gasteiger partial charge in [-0.1, -0.05) is 24.3 Å². The predicted octanol–water partition coefficient (Wildman–Crippen LogP) is 0.720. The smallest absolute Gasteiger partial charge is 0.257 e. The second kappa shape index (κ2) is 6.30. The number of hydrogen-bond donors (Lipinski definition) is 1. The Hall–Kier alpha value is -2.31. The summed E-state index contributed by atoms with van der Waals surface area (Å²) in [5.74, 6) is -0.116. The zero-order valence-corrected chi connectivity index (χ0v) is 13.4. The molecule has 1 aromatic heterocycles. The molecule has 2 atom stereocenters. The molecule has 0 bridgehead atoms. The van der Waals surface area contributed by atoms with Crippen LogP contribution in [0.5, 0.6) is 0 Å². The highest BCUT2D eigenvalue weighted by atomic mass is 16.3. The Labute approximate surface area is 140 Å². The molecule has 2 aromatic rings. The van der Waals surface area contributed by atoms with E-state index in [0.29, 0.717) is 18.7 Å². The summed E-state index contributed by atoms with van der Waals surface area (Å²) < 4.78 is 0. The number of benzene rings is 1. The lowest BCUT2D eigenvalue weighted by atomic mass is 9.98. The van der Waals surface area contributed by atoms with Gasteiger partial charge in [-0.3, -0.25) is 9.69 Å². The number of carbonyl (C=O) groups is 1. The molecule has 1 aromatic carbocycles. The fourth-order valence-electron chi connectivity index (χ4n) is 3.69. The normalized spacial score (nSPS) is 24.0. The van der Waals surface area contributed by atoms with Crippen molar-refractivity contribution in [3.63, 3.8) is 0 Å². The minimum absolute atomic E-state index is 0.0214. The molecule has 6 heteroatoms. The molecule has 1 saturated heterocycles. The number of nitrogens with zero attached hydrogens (tertiary/aromatic N) is 4. The molecule has 6 nitrogen and oxygen atoms in total. The molecule has 124 valence electrons. The third-order valence-electron chi connectivity index (χ3n) is 4.98. The molecule has 4 rings (SSSR count). The summed E-state index contributed by atoms with van der Waals surface area (Å²) in [6.07, 6.45) is 4.91. The molecule has 2 aliphatic heterocycles. The van der Waals surface area contributed by atoms with Crippen LogP contribution >= 0.6 is 0 Å². The van der Waals surface area contributed by atoms with E-state index in [4.69, 9.17) is 0 Å². The van der Waals surface area contributed by atoms with E-state index in [1.165, 1.54) is 29.8 Å². The molecular weight excluding hydrogens is 304 g/mol. The zero-order chi connectivity index (χ0) is 16.5. The first-order chi connectivity index (χ1) is 11.7. The van der Waals surface area contributed by atoms with Crippen LogP contribution in [0.3, 0.4) is 0 Å². The molecule has 0 unspecified atom stereocenters. The molecule has 24 heavy (non-hydrogen) atoms. The fraction of sp³-hybridized carbons (Fsp3) is 0.389. The molecule has 0 saturated carbocycles. The first-order valence-corrected chi connectivity index (χ1v) is 8.25. The van der Waals surface area contributed by atoms with E-state index in [1.54, 1.807) is 4.90 Å². The van der Waals surface area contributed by atoms with Gasteiger partial charge in [0.2, 0.25) is 0 Å². The molecule has 1 amide bonds. The van der Waals surface area contributed by atoms with Gasteiger partial charge in [0, 0.05) is 38.6 Å². The number of hydrogen-bond acceptors (Lipinski definition) is 5. The van der Waals surface area contributed by atoms with Crippen molar-refractivity contribution in [1.82, 2.24) is 19.8 Å². The second-order valence-electron chi connectivity index (χ2n) is 6.46. The topological polar surface area (TPSA) is 69.6 Å². The first-order valence-electron chi connectivity index (χ1n) is 8.25. The quantitative estimate of drug-likeness (QED) is 0.881. The number of β-amino-alcohol motifs (C(OH)–C–C–N with tert-alkyl or cyclic N) is 1. The maximum Gasteiger partial charge on any atom is 0.257 e. The van der Waals surface area contributed by atoms with Gasteiger partial charge in [-0.2, -0.15) is 0 Å². The van der Waals surface area contributed by atoms with E-state index >= 15 is 0 Å². The Bertz CT molecular complexity index is 737. The number of rotatable bonds is 2. The number of carbonyl (C=O) groups excluding carboxylic acids is 1. The van der Waals surface area contributed by atoms with Crippen LogP contribution in [0.2, 0.25) is 0 Å². The Morgan fingerprint density at radius 3 is 2.67 bits per heavy atom. The van der Waals surface area contributed by atoms with Gasteiger partial charge in [-0.05, 0) is 17.5 Å². The van der Waals surface area contributed by atoms with Crippen molar-refractivity contribution in [3.8, 4) is 0 Å².